The first-order valence-electron chi connectivity index (χ1n) is 5.59. The average molecular weight is 299 g/mol. The third-order valence-corrected chi connectivity index (χ3v) is 3.67. The smallest absolute Gasteiger partial charge is 0.252 e. The van der Waals surface area contributed by atoms with Gasteiger partial charge in [0.1, 0.15) is 0 Å². The van der Waals surface area contributed by atoms with E-state index in [9.17, 15) is 4.79 Å². The summed E-state index contributed by atoms with van der Waals surface area (Å²) in [5.74, 6) is -0.109. The van der Waals surface area contributed by atoms with E-state index < -0.39 is 0 Å². The van der Waals surface area contributed by atoms with Crippen molar-refractivity contribution in [2.75, 3.05) is 13.7 Å². The highest BCUT2D eigenvalue weighted by molar-refractivity contribution is 9.10. The van der Waals surface area contributed by atoms with E-state index in [4.69, 9.17) is 4.74 Å². The third kappa shape index (κ3) is 2.84. The molecule has 0 radical (unpaired) electrons. The molecule has 1 fully saturated rings. The molecule has 92 valence electrons. The summed E-state index contributed by atoms with van der Waals surface area (Å²) >= 11 is 3.29. The number of amides is 1. The molecule has 0 bridgehead atoms. The Morgan fingerprint density at radius 2 is 2.35 bits per heavy atom. The molecule has 1 N–H and O–H groups in total. The van der Waals surface area contributed by atoms with Gasteiger partial charge in [-0.1, -0.05) is 0 Å². The van der Waals surface area contributed by atoms with Gasteiger partial charge >= 0.3 is 0 Å². The van der Waals surface area contributed by atoms with Crippen LogP contribution in [0.15, 0.2) is 22.9 Å². The first-order valence-corrected chi connectivity index (χ1v) is 6.38. The van der Waals surface area contributed by atoms with Crippen LogP contribution in [-0.4, -0.2) is 30.1 Å². The summed E-state index contributed by atoms with van der Waals surface area (Å²) < 4.78 is 6.25. The molecule has 1 heterocycles. The number of rotatable bonds is 4. The average Bonchev–Trinajstić information content (AvgIpc) is 2.28. The molecule has 5 heteroatoms. The Morgan fingerprint density at radius 1 is 1.59 bits per heavy atom. The lowest BCUT2D eigenvalue weighted by atomic mass is 9.80. The van der Waals surface area contributed by atoms with Crippen molar-refractivity contribution in [1.82, 2.24) is 10.3 Å². The van der Waals surface area contributed by atoms with Gasteiger partial charge in [-0.05, 0) is 41.3 Å². The second-order valence-corrected chi connectivity index (χ2v) is 5.23. The van der Waals surface area contributed by atoms with Gasteiger partial charge in [0.2, 0.25) is 0 Å². The Kier molecular flexibility index (Phi) is 3.79. The molecule has 1 aromatic heterocycles. The minimum atomic E-state index is -0.144. The summed E-state index contributed by atoms with van der Waals surface area (Å²) in [4.78, 5) is 15.8. The van der Waals surface area contributed by atoms with Gasteiger partial charge in [-0.2, -0.15) is 0 Å². The largest absolute Gasteiger partial charge is 0.376 e. The van der Waals surface area contributed by atoms with Gasteiger partial charge in [0.15, 0.2) is 0 Å². The number of methoxy groups -OCH3 is 1. The minimum absolute atomic E-state index is 0.109. The van der Waals surface area contributed by atoms with Gasteiger partial charge in [-0.15, -0.1) is 0 Å². The number of nitrogens with one attached hydrogen (secondary N) is 1. The van der Waals surface area contributed by atoms with E-state index in [1.54, 1.807) is 25.6 Å². The first-order chi connectivity index (χ1) is 8.15. The lowest BCUT2D eigenvalue weighted by Crippen LogP contribution is -2.49. The molecule has 17 heavy (non-hydrogen) atoms. The Bertz CT molecular complexity index is 413. The number of carbonyl (C=O) groups is 1. The van der Waals surface area contributed by atoms with Crippen molar-refractivity contribution < 1.29 is 9.53 Å². The highest BCUT2D eigenvalue weighted by atomic mass is 79.9. The maximum Gasteiger partial charge on any atom is 0.252 e. The summed E-state index contributed by atoms with van der Waals surface area (Å²) in [6, 6.07) is 1.75. The monoisotopic (exact) mass is 298 g/mol. The number of nitrogens with zero attached hydrogens (tertiary/aromatic N) is 1. The van der Waals surface area contributed by atoms with Crippen LogP contribution in [0.3, 0.4) is 0 Å². The van der Waals surface area contributed by atoms with E-state index in [1.807, 2.05) is 0 Å². The van der Waals surface area contributed by atoms with Gasteiger partial charge in [-0.3, -0.25) is 9.78 Å². The molecule has 0 atom stereocenters. The number of ether oxygens (including phenoxy) is 1. The standard InChI is InChI=1S/C12H15BrN2O2/c1-17-12(3-2-4-12)8-15-11(16)9-5-10(13)7-14-6-9/h5-7H,2-4,8H2,1H3,(H,15,16). The molecule has 1 aromatic rings. The second-order valence-electron chi connectivity index (χ2n) is 4.32. The van der Waals surface area contributed by atoms with Crippen LogP contribution in [0.1, 0.15) is 29.6 Å². The molecule has 2 rings (SSSR count). The van der Waals surface area contributed by atoms with Gasteiger partial charge in [0.25, 0.3) is 5.91 Å². The van der Waals surface area contributed by atoms with Gasteiger partial charge in [0.05, 0.1) is 11.2 Å². The number of hydrogen-bond donors (Lipinski definition) is 1. The van der Waals surface area contributed by atoms with Crippen LogP contribution in [0, 0.1) is 0 Å². The molecule has 0 unspecified atom stereocenters. The van der Waals surface area contributed by atoms with E-state index in [-0.39, 0.29) is 11.5 Å². The predicted molar refractivity (Wildman–Crippen MR) is 67.9 cm³/mol. The van der Waals surface area contributed by atoms with Crippen molar-refractivity contribution in [3.63, 3.8) is 0 Å². The summed E-state index contributed by atoms with van der Waals surface area (Å²) in [6.45, 7) is 0.564. The Morgan fingerprint density at radius 3 is 2.88 bits per heavy atom. The minimum Gasteiger partial charge on any atom is -0.376 e. The number of carbonyl (C=O) groups excluding carboxylic acids is 1. The van der Waals surface area contributed by atoms with Crippen LogP contribution >= 0.6 is 15.9 Å². The normalized spacial score (nSPS) is 17.3. The molecule has 0 saturated heterocycles. The Balaban J connectivity index is 1.93. The van der Waals surface area contributed by atoms with E-state index in [0.717, 1.165) is 17.3 Å². The van der Waals surface area contributed by atoms with Gasteiger partial charge < -0.3 is 10.1 Å². The number of aromatic nitrogens is 1. The molecular weight excluding hydrogens is 284 g/mol. The topological polar surface area (TPSA) is 51.2 Å². The molecule has 0 spiro atoms. The zero-order chi connectivity index (χ0) is 12.3. The molecule has 0 aliphatic heterocycles. The SMILES string of the molecule is COC1(CNC(=O)c2cncc(Br)c2)CCC1. The molecule has 4 nitrogen and oxygen atoms in total. The van der Waals surface area contributed by atoms with Crippen molar-refractivity contribution in [2.45, 2.75) is 24.9 Å². The van der Waals surface area contributed by atoms with E-state index >= 15 is 0 Å². The fourth-order valence-corrected chi connectivity index (χ4v) is 2.27. The molecule has 0 aromatic carbocycles. The van der Waals surface area contributed by atoms with Crippen LogP contribution in [0.2, 0.25) is 0 Å². The highest BCUT2D eigenvalue weighted by Gasteiger charge is 2.37. The van der Waals surface area contributed by atoms with Crippen molar-refractivity contribution >= 4 is 21.8 Å². The zero-order valence-corrected chi connectivity index (χ0v) is 11.3. The maximum absolute atomic E-state index is 11.9. The maximum atomic E-state index is 11.9. The van der Waals surface area contributed by atoms with Crippen molar-refractivity contribution in [3.05, 3.63) is 28.5 Å². The van der Waals surface area contributed by atoms with Crippen molar-refractivity contribution in [3.8, 4) is 0 Å². The van der Waals surface area contributed by atoms with Crippen LogP contribution in [-0.2, 0) is 4.74 Å². The van der Waals surface area contributed by atoms with E-state index in [1.165, 1.54) is 6.42 Å². The van der Waals surface area contributed by atoms with Crippen LogP contribution in [0.25, 0.3) is 0 Å². The lowest BCUT2D eigenvalue weighted by Gasteiger charge is -2.40. The first kappa shape index (κ1) is 12.5. The zero-order valence-electron chi connectivity index (χ0n) is 9.70. The van der Waals surface area contributed by atoms with Gasteiger partial charge in [-0.25, -0.2) is 0 Å². The third-order valence-electron chi connectivity index (χ3n) is 3.24. The molecule has 1 aliphatic carbocycles. The van der Waals surface area contributed by atoms with Crippen LogP contribution < -0.4 is 5.32 Å². The fourth-order valence-electron chi connectivity index (χ4n) is 1.90. The highest BCUT2D eigenvalue weighted by Crippen LogP contribution is 2.34. The van der Waals surface area contributed by atoms with Crippen molar-refractivity contribution in [2.24, 2.45) is 0 Å². The number of halogens is 1. The lowest BCUT2D eigenvalue weighted by molar-refractivity contribution is -0.0679. The van der Waals surface area contributed by atoms with Crippen LogP contribution in [0.4, 0.5) is 0 Å². The van der Waals surface area contributed by atoms with E-state index in [2.05, 4.69) is 26.2 Å². The predicted octanol–water partition coefficient (Wildman–Crippen LogP) is 2.14. The number of hydrogen-bond acceptors (Lipinski definition) is 3. The summed E-state index contributed by atoms with van der Waals surface area (Å²) in [7, 11) is 1.70. The summed E-state index contributed by atoms with van der Waals surface area (Å²) in [6.07, 6.45) is 6.41. The number of pyridine rings is 1. The van der Waals surface area contributed by atoms with E-state index in [0.29, 0.717) is 12.1 Å². The van der Waals surface area contributed by atoms with Crippen molar-refractivity contribution in [1.29, 1.82) is 0 Å². The van der Waals surface area contributed by atoms with Crippen LogP contribution in [0.5, 0.6) is 0 Å². The molecule has 1 amide bonds. The summed E-state index contributed by atoms with van der Waals surface area (Å²) in [5, 5.41) is 2.90. The molecular formula is C12H15BrN2O2. The Labute approximate surface area is 109 Å². The quantitative estimate of drug-likeness (QED) is 0.926. The fraction of sp³-hybridized carbons (Fsp3) is 0.500. The molecule has 1 saturated carbocycles. The second kappa shape index (κ2) is 5.14. The molecule has 1 aliphatic rings. The Hall–Kier alpha value is -0.940. The van der Waals surface area contributed by atoms with Gasteiger partial charge in [0, 0.05) is 30.5 Å². The summed E-state index contributed by atoms with van der Waals surface area (Å²) in [5.41, 5.74) is 0.416.